The summed E-state index contributed by atoms with van der Waals surface area (Å²) in [6, 6.07) is 26.3. The Morgan fingerprint density at radius 2 is 1.36 bits per heavy atom. The van der Waals surface area contributed by atoms with Gasteiger partial charge in [0.2, 0.25) is 0 Å². The van der Waals surface area contributed by atoms with Crippen molar-refractivity contribution in [3.05, 3.63) is 113 Å². The molecule has 0 saturated carbocycles. The Hall–Kier alpha value is -4.17. The summed E-state index contributed by atoms with van der Waals surface area (Å²) in [5.41, 5.74) is 3.44. The van der Waals surface area contributed by atoms with Crippen molar-refractivity contribution >= 4 is 11.7 Å². The van der Waals surface area contributed by atoms with Gasteiger partial charge in [-0.05, 0) is 42.3 Å². The molecule has 1 aliphatic rings. The van der Waals surface area contributed by atoms with Crippen LogP contribution in [0.4, 0.5) is 5.69 Å². The summed E-state index contributed by atoms with van der Waals surface area (Å²) in [7, 11) is 0. The maximum Gasteiger partial charge on any atom is 0.350 e. The maximum atomic E-state index is 13.0. The van der Waals surface area contributed by atoms with Crippen LogP contribution in [0.1, 0.15) is 30.1 Å². The summed E-state index contributed by atoms with van der Waals surface area (Å²) in [4.78, 5) is 29.3. The van der Waals surface area contributed by atoms with Gasteiger partial charge in [0.15, 0.2) is 0 Å². The third-order valence-corrected chi connectivity index (χ3v) is 6.86. The number of benzene rings is 3. The van der Waals surface area contributed by atoms with E-state index in [1.54, 1.807) is 10.9 Å². The standard InChI is InChI=1S/C28H29N5O3/c1-21(22-8-4-2-5-9-22)33-28(36)32(20-29-33)25-14-12-24(13-15-25)30-16-18-31(19-17-30)26(27(34)35)23-10-6-3-7-11-23/h2-15,20-21,26H,16-19H2,1H3,(H,34,35)/t21-,26?/m0/s1. The number of piperazine rings is 1. The Labute approximate surface area is 209 Å². The number of aromatic nitrogens is 3. The molecule has 1 aliphatic heterocycles. The van der Waals surface area contributed by atoms with Gasteiger partial charge < -0.3 is 10.0 Å². The van der Waals surface area contributed by atoms with E-state index in [-0.39, 0.29) is 11.7 Å². The lowest BCUT2D eigenvalue weighted by Gasteiger charge is -2.39. The minimum atomic E-state index is -0.827. The van der Waals surface area contributed by atoms with Gasteiger partial charge in [-0.1, -0.05) is 60.7 Å². The van der Waals surface area contributed by atoms with E-state index in [2.05, 4.69) is 10.00 Å². The molecule has 2 heterocycles. The Morgan fingerprint density at radius 3 is 1.94 bits per heavy atom. The first-order valence-electron chi connectivity index (χ1n) is 12.1. The molecule has 0 radical (unpaired) electrons. The van der Waals surface area contributed by atoms with E-state index < -0.39 is 12.0 Å². The summed E-state index contributed by atoms with van der Waals surface area (Å²) in [6.07, 6.45) is 1.56. The summed E-state index contributed by atoms with van der Waals surface area (Å²) >= 11 is 0. The fourth-order valence-corrected chi connectivity index (χ4v) is 4.84. The highest BCUT2D eigenvalue weighted by atomic mass is 16.4. The number of carboxylic acids is 1. The van der Waals surface area contributed by atoms with Crippen LogP contribution in [0.5, 0.6) is 0 Å². The first-order chi connectivity index (χ1) is 17.5. The molecule has 3 aromatic carbocycles. The van der Waals surface area contributed by atoms with E-state index in [0.29, 0.717) is 13.1 Å². The van der Waals surface area contributed by atoms with E-state index >= 15 is 0 Å². The SMILES string of the molecule is C[C@@H](c1ccccc1)n1ncn(-c2ccc(N3CCN(C(C(=O)O)c4ccccc4)CC3)cc2)c1=O. The maximum absolute atomic E-state index is 13.0. The van der Waals surface area contributed by atoms with Crippen LogP contribution in [0.2, 0.25) is 0 Å². The number of carbonyl (C=O) groups is 1. The topological polar surface area (TPSA) is 83.6 Å². The number of rotatable bonds is 7. The predicted molar refractivity (Wildman–Crippen MR) is 139 cm³/mol. The monoisotopic (exact) mass is 483 g/mol. The Morgan fingerprint density at radius 1 is 0.806 bits per heavy atom. The zero-order valence-corrected chi connectivity index (χ0v) is 20.1. The molecule has 0 bridgehead atoms. The molecule has 4 aromatic rings. The summed E-state index contributed by atoms with van der Waals surface area (Å²) in [6.45, 7) is 4.71. The highest BCUT2D eigenvalue weighted by molar-refractivity contribution is 5.75. The third kappa shape index (κ3) is 4.67. The van der Waals surface area contributed by atoms with Crippen molar-refractivity contribution in [3.8, 4) is 5.69 Å². The molecule has 36 heavy (non-hydrogen) atoms. The van der Waals surface area contributed by atoms with Crippen LogP contribution in [0.15, 0.2) is 96.1 Å². The Balaban J connectivity index is 1.27. The van der Waals surface area contributed by atoms with Gasteiger partial charge in [0.1, 0.15) is 12.4 Å². The van der Waals surface area contributed by atoms with Crippen LogP contribution in [0.3, 0.4) is 0 Å². The predicted octanol–water partition coefficient (Wildman–Crippen LogP) is 3.59. The Bertz CT molecular complexity index is 1360. The molecule has 1 saturated heterocycles. The van der Waals surface area contributed by atoms with Crippen molar-refractivity contribution in [1.82, 2.24) is 19.2 Å². The molecule has 1 aromatic heterocycles. The quantitative estimate of drug-likeness (QED) is 0.433. The summed E-state index contributed by atoms with van der Waals surface area (Å²) < 4.78 is 3.05. The lowest BCUT2D eigenvalue weighted by Crippen LogP contribution is -2.49. The van der Waals surface area contributed by atoms with Gasteiger partial charge in [-0.25, -0.2) is 14.0 Å². The minimum absolute atomic E-state index is 0.166. The summed E-state index contributed by atoms with van der Waals surface area (Å²) in [5.74, 6) is -0.827. The van der Waals surface area contributed by atoms with Gasteiger partial charge in [0.25, 0.3) is 0 Å². The molecule has 1 unspecified atom stereocenters. The number of hydrogen-bond acceptors (Lipinski definition) is 5. The smallest absolute Gasteiger partial charge is 0.350 e. The molecule has 8 heteroatoms. The second-order valence-electron chi connectivity index (χ2n) is 9.01. The average Bonchev–Trinajstić information content (AvgIpc) is 3.31. The van der Waals surface area contributed by atoms with E-state index in [4.69, 9.17) is 0 Å². The molecule has 0 spiro atoms. The second kappa shape index (κ2) is 10.2. The van der Waals surface area contributed by atoms with E-state index in [1.165, 1.54) is 4.68 Å². The van der Waals surface area contributed by atoms with Crippen LogP contribution in [0.25, 0.3) is 5.69 Å². The van der Waals surface area contributed by atoms with Gasteiger partial charge in [0.05, 0.1) is 11.7 Å². The Kier molecular flexibility index (Phi) is 6.69. The summed E-state index contributed by atoms with van der Waals surface area (Å²) in [5, 5.41) is 14.2. The zero-order chi connectivity index (χ0) is 25.1. The molecular formula is C28H29N5O3. The molecule has 184 valence electrons. The van der Waals surface area contributed by atoms with Crippen LogP contribution in [-0.4, -0.2) is 56.5 Å². The largest absolute Gasteiger partial charge is 0.480 e. The van der Waals surface area contributed by atoms with Gasteiger partial charge in [-0.2, -0.15) is 5.10 Å². The normalized spacial score (nSPS) is 16.0. The second-order valence-corrected chi connectivity index (χ2v) is 9.01. The molecule has 1 N–H and O–H groups in total. The van der Waals surface area contributed by atoms with Gasteiger partial charge in [0, 0.05) is 31.9 Å². The third-order valence-electron chi connectivity index (χ3n) is 6.86. The van der Waals surface area contributed by atoms with Crippen molar-refractivity contribution < 1.29 is 9.90 Å². The van der Waals surface area contributed by atoms with Crippen LogP contribution in [-0.2, 0) is 4.79 Å². The van der Waals surface area contributed by atoms with Crippen molar-refractivity contribution in [2.75, 3.05) is 31.1 Å². The van der Waals surface area contributed by atoms with E-state index in [1.807, 2.05) is 96.8 Å². The molecule has 8 nitrogen and oxygen atoms in total. The first-order valence-corrected chi connectivity index (χ1v) is 12.1. The minimum Gasteiger partial charge on any atom is -0.480 e. The van der Waals surface area contributed by atoms with Crippen LogP contribution >= 0.6 is 0 Å². The van der Waals surface area contributed by atoms with E-state index in [9.17, 15) is 14.7 Å². The van der Waals surface area contributed by atoms with Crippen molar-refractivity contribution in [2.45, 2.75) is 19.0 Å². The number of carboxylic acid groups (broad SMARTS) is 1. The number of anilines is 1. The first kappa shape index (κ1) is 23.6. The van der Waals surface area contributed by atoms with E-state index in [0.717, 1.165) is 35.6 Å². The van der Waals surface area contributed by atoms with Crippen LogP contribution in [0, 0.1) is 0 Å². The molecule has 1 fully saturated rings. The van der Waals surface area contributed by atoms with Crippen molar-refractivity contribution in [3.63, 3.8) is 0 Å². The molecule has 5 rings (SSSR count). The molecule has 2 atom stereocenters. The molecule has 0 aliphatic carbocycles. The number of hydrogen-bond donors (Lipinski definition) is 1. The van der Waals surface area contributed by atoms with Crippen molar-refractivity contribution in [2.24, 2.45) is 0 Å². The highest BCUT2D eigenvalue weighted by Crippen LogP contribution is 2.25. The lowest BCUT2D eigenvalue weighted by molar-refractivity contribution is -0.143. The molecular weight excluding hydrogens is 454 g/mol. The fraction of sp³-hybridized carbons (Fsp3) is 0.250. The van der Waals surface area contributed by atoms with Crippen molar-refractivity contribution in [1.29, 1.82) is 0 Å². The lowest BCUT2D eigenvalue weighted by atomic mass is 10.0. The zero-order valence-electron chi connectivity index (χ0n) is 20.1. The number of nitrogens with zero attached hydrogens (tertiary/aromatic N) is 5. The highest BCUT2D eigenvalue weighted by Gasteiger charge is 2.30. The average molecular weight is 484 g/mol. The van der Waals surface area contributed by atoms with Gasteiger partial charge >= 0.3 is 11.7 Å². The van der Waals surface area contributed by atoms with Gasteiger partial charge in [-0.15, -0.1) is 0 Å². The molecule has 0 amide bonds. The fourth-order valence-electron chi connectivity index (χ4n) is 4.84. The van der Waals surface area contributed by atoms with Gasteiger partial charge in [-0.3, -0.25) is 9.69 Å². The van der Waals surface area contributed by atoms with Crippen LogP contribution < -0.4 is 10.6 Å². The number of aliphatic carboxylic acids is 1.